The Balaban J connectivity index is 0.00000323. The number of hydrogen-bond donors (Lipinski definition) is 1. The number of aryl methyl sites for hydroxylation is 1. The second kappa shape index (κ2) is 11.4. The molecule has 0 bridgehead atoms. The lowest BCUT2D eigenvalue weighted by Gasteiger charge is -2.33. The van der Waals surface area contributed by atoms with Crippen LogP contribution >= 0.6 is 11.3 Å². The highest BCUT2D eigenvalue weighted by molar-refractivity contribution is 7.14. The number of aromatic nitrogens is 6. The number of carbonyl (C=O) groups excluding carboxylic acids is 1. The van der Waals surface area contributed by atoms with Gasteiger partial charge in [-0.15, -0.1) is 16.4 Å². The molecule has 5 aromatic rings. The molecule has 1 aliphatic rings. The topological polar surface area (TPSA) is 96.5 Å². The van der Waals surface area contributed by atoms with E-state index in [1.165, 1.54) is 34.4 Å². The number of nitrogens with zero attached hydrogens (tertiary/aromatic N) is 8. The summed E-state index contributed by atoms with van der Waals surface area (Å²) in [5.41, 5.74) is 3.37. The van der Waals surface area contributed by atoms with Crippen molar-refractivity contribution >= 4 is 39.8 Å². The number of imidazole rings is 2. The lowest BCUT2D eigenvalue weighted by Crippen LogP contribution is -2.46. The zero-order valence-electron chi connectivity index (χ0n) is 21.7. The minimum atomic E-state index is -0.269. The van der Waals surface area contributed by atoms with E-state index < -0.39 is 0 Å². The Bertz CT molecular complexity index is 1590. The number of benzene rings is 1. The molecule has 40 heavy (non-hydrogen) atoms. The van der Waals surface area contributed by atoms with E-state index in [0.29, 0.717) is 0 Å². The molecule has 0 unspecified atom stereocenters. The van der Waals surface area contributed by atoms with Gasteiger partial charge >= 0.3 is 6.03 Å². The average Bonchev–Trinajstić information content (AvgIpc) is 3.73. The number of halogens is 1. The second-order valence-electron chi connectivity index (χ2n) is 9.46. The third-order valence-corrected chi connectivity index (χ3v) is 7.88. The summed E-state index contributed by atoms with van der Waals surface area (Å²) in [6.45, 7) is 3.64. The molecule has 6 rings (SSSR count). The average molecular weight is 562 g/mol. The molecule has 0 radical (unpaired) electrons. The van der Waals surface area contributed by atoms with E-state index in [-0.39, 0.29) is 25.3 Å². The number of thiazole rings is 1. The fraction of sp³-hybridized carbons (Fsp3) is 0.321. The Morgan fingerprint density at radius 1 is 1.15 bits per heavy atom. The van der Waals surface area contributed by atoms with Crippen LogP contribution in [0.15, 0.2) is 60.5 Å². The highest BCUT2D eigenvalue weighted by Gasteiger charge is 2.24. The molecule has 0 spiro atoms. The van der Waals surface area contributed by atoms with Gasteiger partial charge in [-0.05, 0) is 55.7 Å². The smallest absolute Gasteiger partial charge is 0.327 e. The molecule has 10 nitrogen and oxygen atoms in total. The van der Waals surface area contributed by atoms with Crippen molar-refractivity contribution < 1.29 is 9.18 Å². The predicted octanol–water partition coefficient (Wildman–Crippen LogP) is 5.38. The van der Waals surface area contributed by atoms with Crippen LogP contribution in [-0.2, 0) is 6.42 Å². The zero-order valence-corrected chi connectivity index (χ0v) is 22.5. The van der Waals surface area contributed by atoms with Crippen molar-refractivity contribution in [2.45, 2.75) is 39.7 Å². The first kappa shape index (κ1) is 27.3. The third kappa shape index (κ3) is 5.26. The normalized spacial score (nSPS) is 13.8. The summed E-state index contributed by atoms with van der Waals surface area (Å²) >= 11 is 1.52. The van der Waals surface area contributed by atoms with Crippen LogP contribution in [-0.4, -0.2) is 61.3 Å². The molecule has 1 amide bonds. The van der Waals surface area contributed by atoms with Crippen LogP contribution in [0.5, 0.6) is 0 Å². The van der Waals surface area contributed by atoms with Crippen molar-refractivity contribution in [3.63, 3.8) is 0 Å². The van der Waals surface area contributed by atoms with Gasteiger partial charge < -0.3 is 15.1 Å². The van der Waals surface area contributed by atoms with E-state index in [2.05, 4.69) is 22.1 Å². The minimum Gasteiger partial charge on any atom is -0.355 e. The monoisotopic (exact) mass is 561 g/mol. The number of fused-ring (bicyclic) bond motifs is 1. The number of anilines is 3. The summed E-state index contributed by atoms with van der Waals surface area (Å²) in [7, 11) is 1.97. The van der Waals surface area contributed by atoms with E-state index in [4.69, 9.17) is 15.1 Å². The van der Waals surface area contributed by atoms with Gasteiger partial charge in [-0.2, -0.15) is 4.52 Å². The lowest BCUT2D eigenvalue weighted by atomic mass is 10.1. The molecule has 0 atom stereocenters. The molecule has 1 fully saturated rings. The highest BCUT2D eigenvalue weighted by Crippen LogP contribution is 2.34. The van der Waals surface area contributed by atoms with Gasteiger partial charge in [0, 0.05) is 49.5 Å². The molecule has 0 aliphatic carbocycles. The Morgan fingerprint density at radius 3 is 2.62 bits per heavy atom. The molecule has 1 N–H and O–H groups in total. The maximum atomic E-state index is 13.4. The molecule has 0 saturated carbocycles. The fourth-order valence-corrected chi connectivity index (χ4v) is 5.64. The van der Waals surface area contributed by atoms with Gasteiger partial charge in [0.05, 0.1) is 11.4 Å². The van der Waals surface area contributed by atoms with E-state index in [0.717, 1.165) is 71.7 Å². The number of piperidine rings is 1. The first-order valence-corrected chi connectivity index (χ1v) is 13.8. The number of carbonyl (C=O) groups is 1. The summed E-state index contributed by atoms with van der Waals surface area (Å²) in [5.74, 6) is 1.47. The maximum absolute atomic E-state index is 13.4. The first-order chi connectivity index (χ1) is 19.0. The second-order valence-corrected chi connectivity index (χ2v) is 10.3. The van der Waals surface area contributed by atoms with Crippen LogP contribution in [0.4, 0.5) is 26.0 Å². The van der Waals surface area contributed by atoms with Crippen LogP contribution in [0.2, 0.25) is 0 Å². The van der Waals surface area contributed by atoms with Crippen molar-refractivity contribution in [3.05, 3.63) is 72.0 Å². The molecule has 1 aliphatic heterocycles. The number of rotatable bonds is 6. The summed E-state index contributed by atoms with van der Waals surface area (Å²) in [5, 5.41) is 10.8. The number of nitrogens with one attached hydrogen (secondary N) is 1. The van der Waals surface area contributed by atoms with E-state index in [9.17, 15) is 9.18 Å². The molecule has 4 aromatic heterocycles. The maximum Gasteiger partial charge on any atom is 0.327 e. The lowest BCUT2D eigenvalue weighted by molar-refractivity contribution is 0.236. The van der Waals surface area contributed by atoms with E-state index in [1.807, 2.05) is 34.0 Å². The van der Waals surface area contributed by atoms with Gasteiger partial charge in [0.2, 0.25) is 0 Å². The highest BCUT2D eigenvalue weighted by atomic mass is 32.1. The summed E-state index contributed by atoms with van der Waals surface area (Å²) in [6.07, 6.45) is 7.13. The fourth-order valence-electron chi connectivity index (χ4n) is 4.84. The molecule has 1 saturated heterocycles. The molecule has 1 aromatic carbocycles. The first-order valence-electron chi connectivity index (χ1n) is 12.9. The standard InChI is InChI=1S/C27H28FN9OS.CH4/c1-3-21-25(34(2)27-32-22(16-39-27)18-4-6-19(28)7-5-18)37-23(31-21)8-9-24(33-37)35-13-10-20(11-14-35)30-26(38)36-15-12-29-17-36;/h4-9,12,15-17,20H,3,10-11,13-14H2,1-2H3,(H,30,38);1H4. The molecule has 12 heteroatoms. The van der Waals surface area contributed by atoms with Crippen LogP contribution in [0.25, 0.3) is 16.9 Å². The van der Waals surface area contributed by atoms with Gasteiger partial charge in [-0.25, -0.2) is 24.1 Å². The summed E-state index contributed by atoms with van der Waals surface area (Å²) in [4.78, 5) is 30.2. The van der Waals surface area contributed by atoms with Crippen LogP contribution in [0.1, 0.15) is 32.9 Å². The minimum absolute atomic E-state index is 0. The molecular weight excluding hydrogens is 529 g/mol. The summed E-state index contributed by atoms with van der Waals surface area (Å²) < 4.78 is 16.7. The van der Waals surface area contributed by atoms with Crippen molar-refractivity contribution in [2.75, 3.05) is 29.9 Å². The predicted molar refractivity (Wildman–Crippen MR) is 156 cm³/mol. The van der Waals surface area contributed by atoms with Gasteiger partial charge in [-0.3, -0.25) is 4.57 Å². The van der Waals surface area contributed by atoms with Crippen molar-refractivity contribution in [2.24, 2.45) is 0 Å². The van der Waals surface area contributed by atoms with Crippen molar-refractivity contribution in [1.29, 1.82) is 0 Å². The Morgan fingerprint density at radius 2 is 1.93 bits per heavy atom. The zero-order chi connectivity index (χ0) is 26.9. The van der Waals surface area contributed by atoms with Gasteiger partial charge in [0.25, 0.3) is 0 Å². The molecular formula is C28H32FN9OS. The van der Waals surface area contributed by atoms with E-state index in [1.54, 1.807) is 24.5 Å². The van der Waals surface area contributed by atoms with Gasteiger partial charge in [0.15, 0.2) is 16.6 Å². The quantitative estimate of drug-likeness (QED) is 0.297. The number of hydrogen-bond acceptors (Lipinski definition) is 8. The van der Waals surface area contributed by atoms with Gasteiger partial charge in [-0.1, -0.05) is 14.4 Å². The van der Waals surface area contributed by atoms with Crippen LogP contribution in [0.3, 0.4) is 0 Å². The Labute approximate surface area is 236 Å². The van der Waals surface area contributed by atoms with Crippen LogP contribution < -0.4 is 15.1 Å². The number of amides is 1. The van der Waals surface area contributed by atoms with Crippen molar-refractivity contribution in [3.8, 4) is 11.3 Å². The summed E-state index contributed by atoms with van der Waals surface area (Å²) in [6, 6.07) is 10.3. The van der Waals surface area contributed by atoms with Gasteiger partial charge in [0.1, 0.15) is 18.0 Å². The Hall–Kier alpha value is -4.32. The third-order valence-electron chi connectivity index (χ3n) is 6.97. The van der Waals surface area contributed by atoms with Crippen molar-refractivity contribution in [1.82, 2.24) is 34.4 Å². The van der Waals surface area contributed by atoms with E-state index >= 15 is 0 Å². The Kier molecular flexibility index (Phi) is 7.78. The SMILES string of the molecule is C.CCc1nc2ccc(N3CCC(NC(=O)n4ccnc4)CC3)nn2c1N(C)c1nc(-c2ccc(F)cc2)cs1. The van der Waals surface area contributed by atoms with Crippen LogP contribution in [0, 0.1) is 5.82 Å². The molecule has 5 heterocycles. The largest absolute Gasteiger partial charge is 0.355 e. The molecule has 208 valence electrons.